The van der Waals surface area contributed by atoms with Crippen molar-refractivity contribution in [1.82, 2.24) is 14.5 Å². The summed E-state index contributed by atoms with van der Waals surface area (Å²) in [4.78, 5) is 40.4. The second-order valence-corrected chi connectivity index (χ2v) is 9.44. The highest BCUT2D eigenvalue weighted by Crippen LogP contribution is 2.19. The van der Waals surface area contributed by atoms with Crippen molar-refractivity contribution in [1.29, 1.82) is 0 Å². The molecule has 2 aromatic rings. The first kappa shape index (κ1) is 26.1. The zero-order valence-corrected chi connectivity index (χ0v) is 20.0. The smallest absolute Gasteiger partial charge is 0.409 e. The molecule has 0 unspecified atom stereocenters. The maximum Gasteiger partial charge on any atom is 0.409 e. The van der Waals surface area contributed by atoms with E-state index in [1.807, 2.05) is 0 Å². The number of hydrogen-bond donors (Lipinski definition) is 2. The van der Waals surface area contributed by atoms with E-state index in [1.54, 1.807) is 36.1 Å². The van der Waals surface area contributed by atoms with Crippen molar-refractivity contribution in [3.05, 3.63) is 59.9 Å². The van der Waals surface area contributed by atoms with Crippen molar-refractivity contribution in [2.45, 2.75) is 18.2 Å². The fourth-order valence-corrected chi connectivity index (χ4v) is 4.50. The topological polar surface area (TPSA) is 125 Å². The largest absolute Gasteiger partial charge is 0.450 e. The molecule has 12 heteroatoms. The Morgan fingerprint density at radius 3 is 2.26 bits per heavy atom. The number of rotatable bonds is 8. The summed E-state index contributed by atoms with van der Waals surface area (Å²) < 4.78 is 44.8. The van der Waals surface area contributed by atoms with E-state index >= 15 is 0 Å². The molecular formula is C23H27FN4O6S. The molecule has 0 aromatic heterocycles. The Kier molecular flexibility index (Phi) is 8.77. The SMILES string of the molecule is CCOC(=O)N1CCN(C(=O)c2ccccc2NC(=O)CCNS(=O)(=O)c2ccc(F)cc2)CC1. The van der Waals surface area contributed by atoms with Gasteiger partial charge in [-0.3, -0.25) is 9.59 Å². The summed E-state index contributed by atoms with van der Waals surface area (Å²) in [7, 11) is -3.89. The first-order chi connectivity index (χ1) is 16.7. The highest BCUT2D eigenvalue weighted by molar-refractivity contribution is 7.89. The Morgan fingerprint density at radius 2 is 1.60 bits per heavy atom. The number of ether oxygens (including phenoxy) is 1. The van der Waals surface area contributed by atoms with Crippen LogP contribution in [0, 0.1) is 5.82 Å². The molecule has 2 aromatic carbocycles. The maximum atomic E-state index is 13.1. The Morgan fingerprint density at radius 1 is 0.971 bits per heavy atom. The van der Waals surface area contributed by atoms with E-state index in [1.165, 1.54) is 4.90 Å². The molecule has 0 saturated carbocycles. The van der Waals surface area contributed by atoms with Gasteiger partial charge in [-0.15, -0.1) is 0 Å². The van der Waals surface area contributed by atoms with Gasteiger partial charge in [0.05, 0.1) is 22.8 Å². The number of para-hydroxylation sites is 1. The normalized spacial score (nSPS) is 13.9. The van der Waals surface area contributed by atoms with Crippen LogP contribution in [0.5, 0.6) is 0 Å². The van der Waals surface area contributed by atoms with Crippen molar-refractivity contribution in [3.63, 3.8) is 0 Å². The highest BCUT2D eigenvalue weighted by atomic mass is 32.2. The Balaban J connectivity index is 1.55. The van der Waals surface area contributed by atoms with Crippen molar-refractivity contribution in [2.75, 3.05) is 44.6 Å². The van der Waals surface area contributed by atoms with Gasteiger partial charge < -0.3 is 19.9 Å². The van der Waals surface area contributed by atoms with Crippen LogP contribution in [0.4, 0.5) is 14.9 Å². The molecule has 1 saturated heterocycles. The molecule has 35 heavy (non-hydrogen) atoms. The van der Waals surface area contributed by atoms with E-state index in [-0.39, 0.29) is 35.9 Å². The number of anilines is 1. The molecule has 1 fully saturated rings. The Labute approximate surface area is 203 Å². The fourth-order valence-electron chi connectivity index (χ4n) is 3.46. The van der Waals surface area contributed by atoms with Gasteiger partial charge in [0.15, 0.2) is 0 Å². The van der Waals surface area contributed by atoms with Crippen molar-refractivity contribution in [3.8, 4) is 0 Å². The van der Waals surface area contributed by atoms with E-state index in [0.29, 0.717) is 31.9 Å². The zero-order valence-electron chi connectivity index (χ0n) is 19.2. The van der Waals surface area contributed by atoms with Crippen molar-refractivity contribution >= 4 is 33.6 Å². The Hall–Kier alpha value is -3.51. The molecule has 10 nitrogen and oxygen atoms in total. The molecule has 0 atom stereocenters. The number of hydrogen-bond acceptors (Lipinski definition) is 6. The number of piperazine rings is 1. The summed E-state index contributed by atoms with van der Waals surface area (Å²) in [6.07, 6.45) is -0.594. The number of nitrogens with zero attached hydrogens (tertiary/aromatic N) is 2. The van der Waals surface area contributed by atoms with E-state index in [9.17, 15) is 27.2 Å². The number of sulfonamides is 1. The van der Waals surface area contributed by atoms with Gasteiger partial charge in [0, 0.05) is 39.1 Å². The van der Waals surface area contributed by atoms with Gasteiger partial charge in [-0.1, -0.05) is 12.1 Å². The number of amides is 3. The minimum absolute atomic E-state index is 0.113. The number of carbonyl (C=O) groups is 3. The minimum atomic E-state index is -3.89. The molecule has 1 aliphatic rings. The van der Waals surface area contributed by atoms with Gasteiger partial charge in [-0.05, 0) is 43.3 Å². The molecule has 1 aliphatic heterocycles. The molecule has 3 amide bonds. The Bertz CT molecular complexity index is 1160. The lowest BCUT2D eigenvalue weighted by molar-refractivity contribution is -0.116. The van der Waals surface area contributed by atoms with Crippen LogP contribution in [0.25, 0.3) is 0 Å². The van der Waals surface area contributed by atoms with E-state index in [2.05, 4.69) is 10.0 Å². The zero-order chi connectivity index (χ0) is 25.4. The highest BCUT2D eigenvalue weighted by Gasteiger charge is 2.27. The van der Waals surface area contributed by atoms with E-state index < -0.39 is 27.8 Å². The number of halogens is 1. The van der Waals surface area contributed by atoms with Crippen LogP contribution in [0.3, 0.4) is 0 Å². The van der Waals surface area contributed by atoms with Crippen LogP contribution >= 0.6 is 0 Å². The molecule has 188 valence electrons. The molecule has 0 radical (unpaired) electrons. The summed E-state index contributed by atoms with van der Waals surface area (Å²) in [6.45, 7) is 3.15. The molecule has 1 heterocycles. The lowest BCUT2D eigenvalue weighted by Crippen LogP contribution is -2.50. The number of benzene rings is 2. The second kappa shape index (κ2) is 11.8. The monoisotopic (exact) mass is 506 g/mol. The van der Waals surface area contributed by atoms with E-state index in [0.717, 1.165) is 24.3 Å². The fraction of sp³-hybridized carbons (Fsp3) is 0.348. The summed E-state index contributed by atoms with van der Waals surface area (Å²) >= 11 is 0. The van der Waals surface area contributed by atoms with Gasteiger partial charge in [0.2, 0.25) is 15.9 Å². The number of carbonyl (C=O) groups excluding carboxylic acids is 3. The van der Waals surface area contributed by atoms with Crippen molar-refractivity contribution in [2.24, 2.45) is 0 Å². The molecular weight excluding hydrogens is 479 g/mol. The average Bonchev–Trinajstić information content (AvgIpc) is 2.84. The lowest BCUT2D eigenvalue weighted by Gasteiger charge is -2.34. The van der Waals surface area contributed by atoms with Crippen LogP contribution in [0.2, 0.25) is 0 Å². The van der Waals surface area contributed by atoms with Crippen LogP contribution in [-0.2, 0) is 19.6 Å². The minimum Gasteiger partial charge on any atom is -0.450 e. The maximum absolute atomic E-state index is 13.1. The third kappa shape index (κ3) is 6.99. The molecule has 0 bridgehead atoms. The van der Waals surface area contributed by atoms with Gasteiger partial charge in [0.1, 0.15) is 5.82 Å². The predicted molar refractivity (Wildman–Crippen MR) is 126 cm³/mol. The summed E-state index contributed by atoms with van der Waals surface area (Å²) in [5.41, 5.74) is 0.592. The van der Waals surface area contributed by atoms with Gasteiger partial charge in [-0.25, -0.2) is 22.3 Å². The van der Waals surface area contributed by atoms with Crippen LogP contribution in [0.15, 0.2) is 53.4 Å². The lowest BCUT2D eigenvalue weighted by atomic mass is 10.1. The quantitative estimate of drug-likeness (QED) is 0.565. The van der Waals surface area contributed by atoms with Gasteiger partial charge in [0.25, 0.3) is 5.91 Å². The van der Waals surface area contributed by atoms with Gasteiger partial charge in [-0.2, -0.15) is 0 Å². The van der Waals surface area contributed by atoms with Gasteiger partial charge >= 0.3 is 6.09 Å². The van der Waals surface area contributed by atoms with E-state index in [4.69, 9.17) is 4.74 Å². The average molecular weight is 507 g/mol. The number of nitrogens with one attached hydrogen (secondary N) is 2. The second-order valence-electron chi connectivity index (χ2n) is 7.67. The van der Waals surface area contributed by atoms with Crippen molar-refractivity contribution < 1.29 is 31.9 Å². The van der Waals surface area contributed by atoms with Crippen LogP contribution < -0.4 is 10.0 Å². The summed E-state index contributed by atoms with van der Waals surface area (Å²) in [6, 6.07) is 10.8. The standard InChI is InChI=1S/C23H27FN4O6S/c1-2-34-23(31)28-15-13-27(14-16-28)22(30)19-5-3-4-6-20(19)26-21(29)11-12-25-35(32,33)18-9-7-17(24)8-10-18/h3-10,25H,2,11-16H2,1H3,(H,26,29). The third-order valence-corrected chi connectivity index (χ3v) is 6.77. The molecule has 0 aliphatic carbocycles. The predicted octanol–water partition coefficient (Wildman–Crippen LogP) is 2.05. The van der Waals surface area contributed by atoms with Crippen LogP contribution in [-0.4, -0.2) is 75.5 Å². The first-order valence-electron chi connectivity index (χ1n) is 11.1. The summed E-state index contributed by atoms with van der Waals surface area (Å²) in [5, 5.41) is 2.65. The van der Waals surface area contributed by atoms with Crippen LogP contribution in [0.1, 0.15) is 23.7 Å². The molecule has 2 N–H and O–H groups in total. The molecule has 0 spiro atoms. The first-order valence-corrected chi connectivity index (χ1v) is 12.5. The molecule has 3 rings (SSSR count). The third-order valence-electron chi connectivity index (χ3n) is 5.29. The summed E-state index contributed by atoms with van der Waals surface area (Å²) in [5.74, 6) is -1.34.